The number of thiophene rings is 1. The number of nitrogens with two attached hydrogens (primary N) is 1. The van der Waals surface area contributed by atoms with E-state index in [4.69, 9.17) is 5.73 Å². The molecular weight excluding hydrogens is 284 g/mol. The zero-order valence-electron chi connectivity index (χ0n) is 10.2. The molecule has 0 aliphatic rings. The predicted octanol–water partition coefficient (Wildman–Crippen LogP) is 3.12. The molecule has 1 heterocycles. The van der Waals surface area contributed by atoms with Gasteiger partial charge in [0.1, 0.15) is 0 Å². The second-order valence-electron chi connectivity index (χ2n) is 4.96. The maximum absolute atomic E-state index is 5.71. The van der Waals surface area contributed by atoms with Crippen LogP contribution in [0.4, 0.5) is 0 Å². The Balaban J connectivity index is 2.40. The van der Waals surface area contributed by atoms with E-state index in [1.165, 1.54) is 9.35 Å². The smallest absolute Gasteiger partial charge is 0.0285 e. The van der Waals surface area contributed by atoms with Gasteiger partial charge in [0.25, 0.3) is 0 Å². The van der Waals surface area contributed by atoms with Crippen LogP contribution in [0.3, 0.4) is 0 Å². The Morgan fingerprint density at radius 2 is 2.25 bits per heavy atom. The van der Waals surface area contributed by atoms with Crippen molar-refractivity contribution in [2.45, 2.75) is 38.6 Å². The highest BCUT2D eigenvalue weighted by Crippen LogP contribution is 2.30. The lowest BCUT2D eigenvalue weighted by Gasteiger charge is -2.24. The number of halogens is 1. The van der Waals surface area contributed by atoms with Crippen LogP contribution in [0.1, 0.15) is 32.1 Å². The van der Waals surface area contributed by atoms with Crippen LogP contribution in [0.15, 0.2) is 15.9 Å². The van der Waals surface area contributed by atoms with E-state index in [-0.39, 0.29) is 11.5 Å². The van der Waals surface area contributed by atoms with Gasteiger partial charge in [0.2, 0.25) is 0 Å². The average molecular weight is 305 g/mol. The highest BCUT2D eigenvalue weighted by molar-refractivity contribution is 9.10. The highest BCUT2D eigenvalue weighted by atomic mass is 79.9. The molecule has 0 saturated heterocycles. The summed E-state index contributed by atoms with van der Waals surface area (Å²) in [4.78, 5) is 1.41. The van der Waals surface area contributed by atoms with Gasteiger partial charge < -0.3 is 11.1 Å². The monoisotopic (exact) mass is 304 g/mol. The average Bonchev–Trinajstić information content (AvgIpc) is 2.60. The van der Waals surface area contributed by atoms with Crippen molar-refractivity contribution >= 4 is 27.3 Å². The van der Waals surface area contributed by atoms with Gasteiger partial charge in [0.05, 0.1) is 0 Å². The maximum Gasteiger partial charge on any atom is 0.0285 e. The zero-order chi connectivity index (χ0) is 12.2. The van der Waals surface area contributed by atoms with E-state index in [2.05, 4.69) is 46.5 Å². The van der Waals surface area contributed by atoms with Crippen LogP contribution in [0.5, 0.6) is 0 Å². The number of rotatable bonds is 6. The van der Waals surface area contributed by atoms with Gasteiger partial charge >= 0.3 is 0 Å². The van der Waals surface area contributed by atoms with Crippen molar-refractivity contribution in [2.75, 3.05) is 13.1 Å². The van der Waals surface area contributed by atoms with Crippen molar-refractivity contribution in [3.8, 4) is 0 Å². The van der Waals surface area contributed by atoms with Crippen LogP contribution in [-0.4, -0.2) is 19.1 Å². The van der Waals surface area contributed by atoms with Crippen molar-refractivity contribution in [1.29, 1.82) is 0 Å². The molecule has 1 rings (SSSR count). The van der Waals surface area contributed by atoms with Crippen LogP contribution in [0.25, 0.3) is 0 Å². The molecule has 92 valence electrons. The molecule has 1 unspecified atom stereocenters. The van der Waals surface area contributed by atoms with Crippen molar-refractivity contribution in [3.63, 3.8) is 0 Å². The molecule has 0 radical (unpaired) electrons. The Morgan fingerprint density at radius 1 is 1.56 bits per heavy atom. The van der Waals surface area contributed by atoms with Crippen molar-refractivity contribution in [2.24, 2.45) is 5.73 Å². The van der Waals surface area contributed by atoms with Crippen molar-refractivity contribution < 1.29 is 0 Å². The lowest BCUT2D eigenvalue weighted by molar-refractivity contribution is 0.465. The fraction of sp³-hybridized carbons (Fsp3) is 0.667. The normalized spacial score (nSPS) is 14.1. The second-order valence-corrected chi connectivity index (χ2v) is 6.78. The fourth-order valence-corrected chi connectivity index (χ4v) is 3.04. The largest absolute Gasteiger partial charge is 0.328 e. The molecule has 0 spiro atoms. The summed E-state index contributed by atoms with van der Waals surface area (Å²) in [5.74, 6) is 0. The summed E-state index contributed by atoms with van der Waals surface area (Å²) in [6.45, 7) is 8.57. The summed E-state index contributed by atoms with van der Waals surface area (Å²) in [7, 11) is 0. The van der Waals surface area contributed by atoms with E-state index in [9.17, 15) is 0 Å². The Labute approximate surface area is 111 Å². The molecule has 1 aromatic rings. The third-order valence-electron chi connectivity index (χ3n) is 2.58. The van der Waals surface area contributed by atoms with Gasteiger partial charge in [0, 0.05) is 32.7 Å². The summed E-state index contributed by atoms with van der Waals surface area (Å²) in [6, 6.07) is 2.49. The van der Waals surface area contributed by atoms with E-state index in [1.54, 1.807) is 0 Å². The van der Waals surface area contributed by atoms with E-state index in [0.717, 1.165) is 19.5 Å². The Bertz CT molecular complexity index is 321. The molecular formula is C12H21BrN2S. The first-order chi connectivity index (χ1) is 7.42. The summed E-state index contributed by atoms with van der Waals surface area (Å²) in [6.07, 6.45) is 1.03. The number of hydrogen-bond donors (Lipinski definition) is 2. The van der Waals surface area contributed by atoms with Crippen LogP contribution in [0, 0.1) is 0 Å². The minimum Gasteiger partial charge on any atom is -0.328 e. The summed E-state index contributed by atoms with van der Waals surface area (Å²) in [5.41, 5.74) is 5.90. The predicted molar refractivity (Wildman–Crippen MR) is 76.2 cm³/mol. The molecule has 0 aromatic carbocycles. The lowest BCUT2D eigenvalue weighted by Crippen LogP contribution is -2.34. The second kappa shape index (κ2) is 6.15. The first-order valence-corrected chi connectivity index (χ1v) is 7.30. The molecule has 1 aromatic heterocycles. The maximum atomic E-state index is 5.71. The fourth-order valence-electron chi connectivity index (χ4n) is 1.49. The molecule has 0 bridgehead atoms. The standard InChI is InChI=1S/C12H21BrN2S/c1-9(14)4-5-15-8-12(2,3)11-6-10(13)7-16-11/h6-7,9,15H,4-5,8,14H2,1-3H3. The summed E-state index contributed by atoms with van der Waals surface area (Å²) >= 11 is 5.31. The zero-order valence-corrected chi connectivity index (χ0v) is 12.6. The Morgan fingerprint density at radius 3 is 2.75 bits per heavy atom. The molecule has 2 nitrogen and oxygen atoms in total. The minimum atomic E-state index is 0.189. The molecule has 0 amide bonds. The van der Waals surface area contributed by atoms with Crippen LogP contribution in [0.2, 0.25) is 0 Å². The third-order valence-corrected chi connectivity index (χ3v) is 4.63. The topological polar surface area (TPSA) is 38.0 Å². The molecule has 0 aliphatic heterocycles. The molecule has 0 fully saturated rings. The van der Waals surface area contributed by atoms with E-state index in [1.807, 2.05) is 18.3 Å². The van der Waals surface area contributed by atoms with Crippen LogP contribution < -0.4 is 11.1 Å². The molecule has 16 heavy (non-hydrogen) atoms. The van der Waals surface area contributed by atoms with Crippen molar-refractivity contribution in [1.82, 2.24) is 5.32 Å². The first kappa shape index (κ1) is 14.2. The third kappa shape index (κ3) is 4.53. The SMILES string of the molecule is CC(N)CCNCC(C)(C)c1cc(Br)cs1. The van der Waals surface area contributed by atoms with Crippen molar-refractivity contribution in [3.05, 3.63) is 20.8 Å². The first-order valence-electron chi connectivity index (χ1n) is 5.62. The van der Waals surface area contributed by atoms with Gasteiger partial charge in [-0.25, -0.2) is 0 Å². The van der Waals surface area contributed by atoms with Gasteiger partial charge in [0.15, 0.2) is 0 Å². The summed E-state index contributed by atoms with van der Waals surface area (Å²) < 4.78 is 1.18. The Hall–Kier alpha value is 0.1000. The lowest BCUT2D eigenvalue weighted by atomic mass is 9.91. The number of hydrogen-bond acceptors (Lipinski definition) is 3. The van der Waals surface area contributed by atoms with Gasteiger partial charge in [-0.05, 0) is 41.9 Å². The Kier molecular flexibility index (Phi) is 5.44. The van der Waals surface area contributed by atoms with Crippen LogP contribution >= 0.6 is 27.3 Å². The van der Waals surface area contributed by atoms with Gasteiger partial charge in [-0.1, -0.05) is 13.8 Å². The molecule has 3 N–H and O–H groups in total. The van der Waals surface area contributed by atoms with Gasteiger partial charge in [-0.2, -0.15) is 0 Å². The van der Waals surface area contributed by atoms with E-state index >= 15 is 0 Å². The number of nitrogens with one attached hydrogen (secondary N) is 1. The van der Waals surface area contributed by atoms with Crippen LogP contribution in [-0.2, 0) is 5.41 Å². The molecule has 4 heteroatoms. The quantitative estimate of drug-likeness (QED) is 0.793. The van der Waals surface area contributed by atoms with E-state index < -0.39 is 0 Å². The van der Waals surface area contributed by atoms with Gasteiger partial charge in [-0.3, -0.25) is 0 Å². The summed E-state index contributed by atoms with van der Waals surface area (Å²) in [5, 5.41) is 5.61. The van der Waals surface area contributed by atoms with E-state index in [0.29, 0.717) is 0 Å². The minimum absolute atomic E-state index is 0.189. The highest BCUT2D eigenvalue weighted by Gasteiger charge is 2.21. The molecule has 0 aliphatic carbocycles. The molecule has 0 saturated carbocycles. The molecule has 1 atom stereocenters. The van der Waals surface area contributed by atoms with Gasteiger partial charge in [-0.15, -0.1) is 11.3 Å².